The van der Waals surface area contributed by atoms with Gasteiger partial charge in [-0.3, -0.25) is 0 Å². The van der Waals surface area contributed by atoms with E-state index in [2.05, 4.69) is 35.9 Å². The molecule has 3 rings (SSSR count). The van der Waals surface area contributed by atoms with Crippen LogP contribution in [0.3, 0.4) is 0 Å². The topological polar surface area (TPSA) is 25.2 Å². The van der Waals surface area contributed by atoms with Crippen molar-refractivity contribution in [2.75, 3.05) is 0 Å². The minimum Gasteiger partial charge on any atom is -0.392 e. The first-order valence-corrected chi connectivity index (χ1v) is 6.04. The number of hydrogen-bond donors (Lipinski definition) is 1. The largest absolute Gasteiger partial charge is 0.392 e. The quantitative estimate of drug-likeness (QED) is 0.726. The van der Waals surface area contributed by atoms with Gasteiger partial charge < -0.3 is 9.67 Å². The molecule has 1 heterocycles. The molecule has 0 amide bonds. The third-order valence-corrected chi connectivity index (χ3v) is 3.36. The number of aliphatic hydroxyl groups is 1. The van der Waals surface area contributed by atoms with Crippen LogP contribution in [0.2, 0.25) is 0 Å². The Morgan fingerprint density at radius 3 is 2.50 bits per heavy atom. The van der Waals surface area contributed by atoms with Crippen molar-refractivity contribution < 1.29 is 5.11 Å². The molecule has 18 heavy (non-hydrogen) atoms. The van der Waals surface area contributed by atoms with Crippen LogP contribution < -0.4 is 0 Å². The van der Waals surface area contributed by atoms with Crippen molar-refractivity contribution >= 4 is 10.9 Å². The van der Waals surface area contributed by atoms with E-state index in [0.29, 0.717) is 0 Å². The molecule has 0 saturated carbocycles. The first-order chi connectivity index (χ1) is 8.79. The van der Waals surface area contributed by atoms with Crippen LogP contribution in [-0.4, -0.2) is 9.67 Å². The summed E-state index contributed by atoms with van der Waals surface area (Å²) in [6, 6.07) is 18.6. The van der Waals surface area contributed by atoms with Gasteiger partial charge in [-0.2, -0.15) is 0 Å². The van der Waals surface area contributed by atoms with Crippen LogP contribution in [0.4, 0.5) is 0 Å². The number of aromatic nitrogens is 1. The molecule has 1 aromatic heterocycles. The van der Waals surface area contributed by atoms with E-state index in [9.17, 15) is 5.11 Å². The van der Waals surface area contributed by atoms with Gasteiger partial charge in [0.05, 0.1) is 6.61 Å². The maximum atomic E-state index is 9.20. The van der Waals surface area contributed by atoms with Gasteiger partial charge in [-0.15, -0.1) is 0 Å². The smallest absolute Gasteiger partial charge is 0.0682 e. The SMILES string of the molecule is Cn1c(-c2ccccc2)cc2ccc(CO)cc21. The zero-order chi connectivity index (χ0) is 12.5. The minimum atomic E-state index is 0.0851. The van der Waals surface area contributed by atoms with Gasteiger partial charge in [0, 0.05) is 23.6 Å². The van der Waals surface area contributed by atoms with Crippen LogP contribution in [0, 0.1) is 0 Å². The summed E-state index contributed by atoms with van der Waals surface area (Å²) in [5.41, 5.74) is 4.51. The maximum Gasteiger partial charge on any atom is 0.0682 e. The summed E-state index contributed by atoms with van der Waals surface area (Å²) in [4.78, 5) is 0. The van der Waals surface area contributed by atoms with Gasteiger partial charge in [0.25, 0.3) is 0 Å². The molecule has 2 heteroatoms. The molecule has 0 fully saturated rings. The van der Waals surface area contributed by atoms with Gasteiger partial charge in [-0.05, 0) is 23.3 Å². The Morgan fingerprint density at radius 1 is 1.00 bits per heavy atom. The molecule has 1 N–H and O–H groups in total. The van der Waals surface area contributed by atoms with E-state index in [0.717, 1.165) is 11.1 Å². The molecule has 2 aromatic carbocycles. The average molecular weight is 237 g/mol. The van der Waals surface area contributed by atoms with Crippen LogP contribution in [0.15, 0.2) is 54.6 Å². The molecule has 0 saturated heterocycles. The van der Waals surface area contributed by atoms with E-state index >= 15 is 0 Å². The number of rotatable bonds is 2. The van der Waals surface area contributed by atoms with E-state index in [1.807, 2.05) is 30.3 Å². The highest BCUT2D eigenvalue weighted by Crippen LogP contribution is 2.27. The lowest BCUT2D eigenvalue weighted by atomic mass is 10.1. The Hall–Kier alpha value is -2.06. The highest BCUT2D eigenvalue weighted by molar-refractivity contribution is 5.87. The van der Waals surface area contributed by atoms with Gasteiger partial charge >= 0.3 is 0 Å². The second-order valence-corrected chi connectivity index (χ2v) is 4.51. The molecule has 0 radical (unpaired) electrons. The number of nitrogens with zero attached hydrogens (tertiary/aromatic N) is 1. The summed E-state index contributed by atoms with van der Waals surface area (Å²) in [5, 5.41) is 10.4. The predicted molar refractivity (Wildman–Crippen MR) is 74.3 cm³/mol. The number of hydrogen-bond acceptors (Lipinski definition) is 1. The van der Waals surface area contributed by atoms with E-state index in [1.54, 1.807) is 0 Å². The number of aryl methyl sites for hydroxylation is 1. The summed E-state index contributed by atoms with van der Waals surface area (Å²) in [6.07, 6.45) is 0. The van der Waals surface area contributed by atoms with Gasteiger partial charge in [-0.25, -0.2) is 0 Å². The van der Waals surface area contributed by atoms with Crippen molar-refractivity contribution in [2.45, 2.75) is 6.61 Å². The lowest BCUT2D eigenvalue weighted by molar-refractivity contribution is 0.282. The molecule has 3 aromatic rings. The number of fused-ring (bicyclic) bond motifs is 1. The van der Waals surface area contributed by atoms with Gasteiger partial charge in [0.15, 0.2) is 0 Å². The maximum absolute atomic E-state index is 9.20. The third-order valence-electron chi connectivity index (χ3n) is 3.36. The average Bonchev–Trinajstić information content (AvgIpc) is 2.77. The first-order valence-electron chi connectivity index (χ1n) is 6.04. The Kier molecular flexibility index (Phi) is 2.65. The standard InChI is InChI=1S/C16H15NO/c1-17-15-9-12(11-18)7-8-14(15)10-16(17)13-5-3-2-4-6-13/h2-10,18H,11H2,1H3. The lowest BCUT2D eigenvalue weighted by Gasteiger charge is -2.04. The second-order valence-electron chi connectivity index (χ2n) is 4.51. The highest BCUT2D eigenvalue weighted by Gasteiger charge is 2.07. The van der Waals surface area contributed by atoms with Gasteiger partial charge in [0.2, 0.25) is 0 Å². The third kappa shape index (κ3) is 1.71. The molecule has 0 bridgehead atoms. The normalized spacial score (nSPS) is 11.0. The van der Waals surface area contributed by atoms with E-state index in [1.165, 1.54) is 16.6 Å². The molecular weight excluding hydrogens is 222 g/mol. The van der Waals surface area contributed by atoms with Crippen molar-refractivity contribution in [3.63, 3.8) is 0 Å². The zero-order valence-corrected chi connectivity index (χ0v) is 10.3. The fourth-order valence-electron chi connectivity index (χ4n) is 2.36. The fourth-order valence-corrected chi connectivity index (χ4v) is 2.36. The van der Waals surface area contributed by atoms with Crippen molar-refractivity contribution in [3.8, 4) is 11.3 Å². The van der Waals surface area contributed by atoms with Crippen LogP contribution in [-0.2, 0) is 13.7 Å². The molecule has 0 atom stereocenters. The number of aliphatic hydroxyl groups excluding tert-OH is 1. The Labute approximate surface area is 106 Å². The van der Waals surface area contributed by atoms with E-state index in [-0.39, 0.29) is 6.61 Å². The summed E-state index contributed by atoms with van der Waals surface area (Å²) in [6.45, 7) is 0.0851. The minimum absolute atomic E-state index is 0.0851. The van der Waals surface area contributed by atoms with Crippen molar-refractivity contribution in [1.29, 1.82) is 0 Å². The Morgan fingerprint density at radius 2 is 1.78 bits per heavy atom. The highest BCUT2D eigenvalue weighted by atomic mass is 16.3. The first kappa shape index (κ1) is 11.1. The van der Waals surface area contributed by atoms with E-state index in [4.69, 9.17) is 0 Å². The zero-order valence-electron chi connectivity index (χ0n) is 10.3. The summed E-state index contributed by atoms with van der Waals surface area (Å²) in [5.74, 6) is 0. The summed E-state index contributed by atoms with van der Waals surface area (Å²) < 4.78 is 2.17. The molecule has 0 spiro atoms. The molecular formula is C16H15NO. The van der Waals surface area contributed by atoms with Crippen LogP contribution in [0.1, 0.15) is 5.56 Å². The predicted octanol–water partition coefficient (Wildman–Crippen LogP) is 3.34. The molecule has 0 aliphatic rings. The summed E-state index contributed by atoms with van der Waals surface area (Å²) in [7, 11) is 2.06. The van der Waals surface area contributed by atoms with Crippen molar-refractivity contribution in [2.24, 2.45) is 7.05 Å². The second kappa shape index (κ2) is 4.31. The molecule has 0 aliphatic heterocycles. The Bertz CT molecular complexity index is 683. The lowest BCUT2D eigenvalue weighted by Crippen LogP contribution is -1.91. The fraction of sp³-hybridized carbons (Fsp3) is 0.125. The van der Waals surface area contributed by atoms with Crippen LogP contribution in [0.25, 0.3) is 22.2 Å². The van der Waals surface area contributed by atoms with Crippen LogP contribution >= 0.6 is 0 Å². The van der Waals surface area contributed by atoms with Crippen LogP contribution in [0.5, 0.6) is 0 Å². The van der Waals surface area contributed by atoms with Gasteiger partial charge in [0.1, 0.15) is 0 Å². The molecule has 90 valence electrons. The van der Waals surface area contributed by atoms with Crippen molar-refractivity contribution in [1.82, 2.24) is 4.57 Å². The van der Waals surface area contributed by atoms with Gasteiger partial charge in [-0.1, -0.05) is 42.5 Å². The number of benzene rings is 2. The van der Waals surface area contributed by atoms with Crippen molar-refractivity contribution in [3.05, 3.63) is 60.2 Å². The van der Waals surface area contributed by atoms with E-state index < -0.39 is 0 Å². The Balaban J connectivity index is 2.23. The molecule has 2 nitrogen and oxygen atoms in total. The molecule has 0 unspecified atom stereocenters. The molecule has 0 aliphatic carbocycles. The monoisotopic (exact) mass is 237 g/mol. The summed E-state index contributed by atoms with van der Waals surface area (Å²) >= 11 is 0.